The third-order valence-electron chi connectivity index (χ3n) is 2.91. The van der Waals surface area contributed by atoms with Gasteiger partial charge in [0.05, 0.1) is 7.11 Å². The van der Waals surface area contributed by atoms with Crippen LogP contribution in [-0.4, -0.2) is 20.7 Å². The summed E-state index contributed by atoms with van der Waals surface area (Å²) in [4.78, 5) is 0. The van der Waals surface area contributed by atoms with Crippen molar-refractivity contribution in [3.63, 3.8) is 0 Å². The lowest BCUT2D eigenvalue weighted by atomic mass is 9.96. The molecule has 0 amide bonds. The number of nitrogens with one attached hydrogen (secondary N) is 1. The molecule has 0 aliphatic carbocycles. The second kappa shape index (κ2) is 6.51. The average Bonchev–Trinajstić information content (AvgIpc) is 2.35. The molecule has 1 rings (SSSR count). The van der Waals surface area contributed by atoms with E-state index in [4.69, 9.17) is 10.5 Å². The van der Waals surface area contributed by atoms with Crippen LogP contribution in [0.5, 0.6) is 5.75 Å². The van der Waals surface area contributed by atoms with Crippen LogP contribution in [0.4, 0.5) is 0 Å². The van der Waals surface area contributed by atoms with Crippen molar-refractivity contribution >= 4 is 0 Å². The lowest BCUT2D eigenvalue weighted by Gasteiger charge is -2.20. The van der Waals surface area contributed by atoms with Crippen LogP contribution in [0.3, 0.4) is 0 Å². The van der Waals surface area contributed by atoms with Crippen LogP contribution in [0.25, 0.3) is 0 Å². The Bertz CT molecular complexity index is 297. The minimum atomic E-state index is 0.365. The van der Waals surface area contributed by atoms with Crippen LogP contribution >= 0.6 is 0 Å². The number of nitrogens with two attached hydrogens (primary N) is 1. The van der Waals surface area contributed by atoms with Gasteiger partial charge in [0.1, 0.15) is 5.75 Å². The highest BCUT2D eigenvalue weighted by atomic mass is 16.5. The molecule has 0 aliphatic heterocycles. The molecular weight excluding hydrogens is 200 g/mol. The summed E-state index contributed by atoms with van der Waals surface area (Å²) in [5.41, 5.74) is 6.93. The van der Waals surface area contributed by atoms with Crippen molar-refractivity contribution in [2.24, 2.45) is 11.7 Å². The lowest BCUT2D eigenvalue weighted by Crippen LogP contribution is -2.22. The van der Waals surface area contributed by atoms with Gasteiger partial charge in [0.25, 0.3) is 0 Å². The predicted octanol–water partition coefficient (Wildman–Crippen LogP) is 1.94. The van der Waals surface area contributed by atoms with Crippen molar-refractivity contribution in [1.29, 1.82) is 0 Å². The van der Waals surface area contributed by atoms with Crippen molar-refractivity contribution in [1.82, 2.24) is 5.32 Å². The summed E-state index contributed by atoms with van der Waals surface area (Å²) in [7, 11) is 3.67. The van der Waals surface area contributed by atoms with Crippen LogP contribution in [0.15, 0.2) is 24.3 Å². The first-order valence-electron chi connectivity index (χ1n) is 5.72. The van der Waals surface area contributed by atoms with Gasteiger partial charge >= 0.3 is 0 Å². The Labute approximate surface area is 98.0 Å². The fourth-order valence-corrected chi connectivity index (χ4v) is 1.76. The van der Waals surface area contributed by atoms with Gasteiger partial charge in [-0.15, -0.1) is 0 Å². The molecule has 16 heavy (non-hydrogen) atoms. The zero-order valence-electron chi connectivity index (χ0n) is 10.4. The molecule has 0 heterocycles. The fraction of sp³-hybridized carbons (Fsp3) is 0.538. The molecule has 0 spiro atoms. The maximum absolute atomic E-state index is 5.65. The largest absolute Gasteiger partial charge is 0.497 e. The van der Waals surface area contributed by atoms with E-state index in [0.717, 1.165) is 18.7 Å². The van der Waals surface area contributed by atoms with Crippen molar-refractivity contribution in [2.75, 3.05) is 20.7 Å². The Kier molecular flexibility index (Phi) is 5.29. The van der Waals surface area contributed by atoms with Gasteiger partial charge in [-0.25, -0.2) is 0 Å². The molecule has 90 valence electrons. The first kappa shape index (κ1) is 13.0. The zero-order valence-corrected chi connectivity index (χ0v) is 10.4. The second-order valence-corrected chi connectivity index (χ2v) is 4.19. The molecule has 2 unspecified atom stereocenters. The number of hydrogen-bond acceptors (Lipinski definition) is 3. The van der Waals surface area contributed by atoms with Crippen LogP contribution in [0.2, 0.25) is 0 Å². The average molecular weight is 222 g/mol. The summed E-state index contributed by atoms with van der Waals surface area (Å²) in [6.45, 7) is 2.90. The minimum Gasteiger partial charge on any atom is -0.497 e. The minimum absolute atomic E-state index is 0.365. The monoisotopic (exact) mass is 222 g/mol. The molecule has 1 aromatic carbocycles. The summed E-state index contributed by atoms with van der Waals surface area (Å²) in [6, 6.07) is 8.55. The van der Waals surface area contributed by atoms with Gasteiger partial charge < -0.3 is 15.8 Å². The van der Waals surface area contributed by atoms with E-state index in [1.807, 2.05) is 19.2 Å². The molecule has 0 radical (unpaired) electrons. The molecule has 0 fully saturated rings. The Balaban J connectivity index is 2.70. The number of methoxy groups -OCH3 is 1. The van der Waals surface area contributed by atoms with E-state index in [0.29, 0.717) is 12.0 Å². The van der Waals surface area contributed by atoms with Gasteiger partial charge in [0.2, 0.25) is 0 Å². The highest BCUT2D eigenvalue weighted by Crippen LogP contribution is 2.22. The molecule has 1 aromatic rings. The normalized spacial score (nSPS) is 14.5. The maximum Gasteiger partial charge on any atom is 0.118 e. The van der Waals surface area contributed by atoms with E-state index in [2.05, 4.69) is 24.4 Å². The van der Waals surface area contributed by atoms with Gasteiger partial charge in [0.15, 0.2) is 0 Å². The van der Waals surface area contributed by atoms with Gasteiger partial charge in [-0.1, -0.05) is 19.1 Å². The third-order valence-corrected chi connectivity index (χ3v) is 2.91. The number of ether oxygens (including phenoxy) is 1. The number of rotatable bonds is 6. The lowest BCUT2D eigenvalue weighted by molar-refractivity contribution is 0.412. The SMILES string of the molecule is CNC(CC(C)CN)c1ccc(OC)cc1. The number of hydrogen-bond donors (Lipinski definition) is 2. The van der Waals surface area contributed by atoms with E-state index in [1.54, 1.807) is 7.11 Å². The Morgan fingerprint density at radius 2 is 1.94 bits per heavy atom. The summed E-state index contributed by atoms with van der Waals surface area (Å²) in [6.07, 6.45) is 1.05. The van der Waals surface area contributed by atoms with Crippen molar-refractivity contribution in [3.8, 4) is 5.75 Å². The van der Waals surface area contributed by atoms with Gasteiger partial charge in [-0.2, -0.15) is 0 Å². The molecule has 0 bridgehead atoms. The van der Waals surface area contributed by atoms with Crippen LogP contribution in [0, 0.1) is 5.92 Å². The van der Waals surface area contributed by atoms with Gasteiger partial charge in [-0.3, -0.25) is 0 Å². The summed E-state index contributed by atoms with van der Waals surface area (Å²) < 4.78 is 5.14. The zero-order chi connectivity index (χ0) is 12.0. The Hall–Kier alpha value is -1.06. The van der Waals surface area contributed by atoms with Gasteiger partial charge in [0, 0.05) is 6.04 Å². The summed E-state index contributed by atoms with van der Waals surface area (Å²) >= 11 is 0. The van der Waals surface area contributed by atoms with Crippen molar-refractivity contribution < 1.29 is 4.74 Å². The van der Waals surface area contributed by atoms with E-state index < -0.39 is 0 Å². The smallest absolute Gasteiger partial charge is 0.118 e. The molecule has 0 saturated carbocycles. The molecule has 0 saturated heterocycles. The van der Waals surface area contributed by atoms with E-state index >= 15 is 0 Å². The molecule has 0 aliphatic rings. The van der Waals surface area contributed by atoms with Crippen LogP contribution in [0.1, 0.15) is 24.9 Å². The molecule has 0 aromatic heterocycles. The molecule has 3 nitrogen and oxygen atoms in total. The predicted molar refractivity (Wildman–Crippen MR) is 67.6 cm³/mol. The van der Waals surface area contributed by atoms with Crippen molar-refractivity contribution in [2.45, 2.75) is 19.4 Å². The fourth-order valence-electron chi connectivity index (χ4n) is 1.76. The quantitative estimate of drug-likeness (QED) is 0.773. The van der Waals surface area contributed by atoms with E-state index in [1.165, 1.54) is 5.56 Å². The van der Waals surface area contributed by atoms with Gasteiger partial charge in [-0.05, 0) is 43.6 Å². The maximum atomic E-state index is 5.65. The number of benzene rings is 1. The summed E-state index contributed by atoms with van der Waals surface area (Å²) in [5, 5.41) is 3.32. The topological polar surface area (TPSA) is 47.3 Å². The first-order chi connectivity index (χ1) is 7.71. The highest BCUT2D eigenvalue weighted by molar-refractivity contribution is 5.29. The first-order valence-corrected chi connectivity index (χ1v) is 5.72. The van der Waals surface area contributed by atoms with Crippen molar-refractivity contribution in [3.05, 3.63) is 29.8 Å². The highest BCUT2D eigenvalue weighted by Gasteiger charge is 2.12. The Morgan fingerprint density at radius 1 is 1.31 bits per heavy atom. The van der Waals surface area contributed by atoms with E-state index in [9.17, 15) is 0 Å². The molecule has 3 N–H and O–H groups in total. The standard InChI is InChI=1S/C13H22N2O/c1-10(9-14)8-13(15-2)11-4-6-12(16-3)7-5-11/h4-7,10,13,15H,8-9,14H2,1-3H3. The van der Waals surface area contributed by atoms with Crippen LogP contribution < -0.4 is 15.8 Å². The third kappa shape index (κ3) is 3.51. The summed E-state index contributed by atoms with van der Waals surface area (Å²) in [5.74, 6) is 1.42. The van der Waals surface area contributed by atoms with Crippen LogP contribution in [-0.2, 0) is 0 Å². The molecular formula is C13H22N2O. The Morgan fingerprint density at radius 3 is 2.38 bits per heavy atom. The molecule has 3 heteroatoms. The second-order valence-electron chi connectivity index (χ2n) is 4.19. The molecule has 2 atom stereocenters. The van der Waals surface area contributed by atoms with E-state index in [-0.39, 0.29) is 0 Å².